The Morgan fingerprint density at radius 1 is 1.35 bits per heavy atom. The summed E-state index contributed by atoms with van der Waals surface area (Å²) >= 11 is 2.19. The summed E-state index contributed by atoms with van der Waals surface area (Å²) in [5, 5.41) is 35.4. The molecule has 1 aromatic heterocycles. The number of aliphatic carboxylic acids is 1. The third-order valence-electron chi connectivity index (χ3n) is 5.86. The SMILES string of the molecule is CO/N=C(\C(=O)N[C@@H]1C(=O)N2C(C(=O)O)=C(C[N+]3(C)C[C@H](O)[C@@H](O)C3)CS[C@H]12)c1nsc(N)n1. The minimum Gasteiger partial charge on any atom is -0.477 e. The highest BCUT2D eigenvalue weighted by Crippen LogP contribution is 2.41. The Bertz CT molecular complexity index is 1080. The Balaban J connectivity index is 1.52. The smallest absolute Gasteiger partial charge is 0.352 e. The molecule has 2 saturated heterocycles. The van der Waals surface area contributed by atoms with Crippen LogP contribution < -0.4 is 11.1 Å². The number of hydrogen-bond acceptors (Lipinski definition) is 12. The number of nitrogens with zero attached hydrogens (tertiary/aromatic N) is 5. The number of aliphatic hydroxyl groups excluding tert-OH is 2. The molecule has 0 aromatic carbocycles. The summed E-state index contributed by atoms with van der Waals surface area (Å²) in [5.41, 5.74) is 5.70. The first kappa shape index (κ1) is 24.3. The van der Waals surface area contributed by atoms with Crippen LogP contribution in [-0.4, -0.2) is 121 Å². The lowest BCUT2D eigenvalue weighted by Gasteiger charge is -2.49. The number of β-lactam (4-membered cyclic amide) rings is 1. The maximum Gasteiger partial charge on any atom is 0.352 e. The fourth-order valence-corrected chi connectivity index (χ4v) is 6.20. The number of aliphatic hydroxyl groups is 2. The summed E-state index contributed by atoms with van der Waals surface area (Å²) in [7, 11) is 3.06. The largest absolute Gasteiger partial charge is 0.477 e. The van der Waals surface area contributed by atoms with E-state index in [-0.39, 0.29) is 46.5 Å². The zero-order valence-electron chi connectivity index (χ0n) is 18.2. The van der Waals surface area contributed by atoms with Gasteiger partial charge in [-0.25, -0.2) is 4.79 Å². The summed E-state index contributed by atoms with van der Waals surface area (Å²) in [6.45, 7) is 0.808. The molecular formula is C18H24N7O7S2+. The fourth-order valence-electron chi connectivity index (χ4n) is 4.43. The van der Waals surface area contributed by atoms with Gasteiger partial charge >= 0.3 is 5.97 Å². The van der Waals surface area contributed by atoms with Crippen LogP contribution >= 0.6 is 23.3 Å². The highest BCUT2D eigenvalue weighted by molar-refractivity contribution is 8.00. The van der Waals surface area contributed by atoms with Crippen LogP contribution in [0.3, 0.4) is 0 Å². The number of thioether (sulfide) groups is 1. The van der Waals surface area contributed by atoms with Crippen LogP contribution in [0.4, 0.5) is 5.13 Å². The molecule has 0 aliphatic carbocycles. The first-order valence-corrected chi connectivity index (χ1v) is 12.0. The van der Waals surface area contributed by atoms with Crippen molar-refractivity contribution in [3.63, 3.8) is 0 Å². The number of anilines is 1. The molecule has 6 N–H and O–H groups in total. The van der Waals surface area contributed by atoms with E-state index in [0.717, 1.165) is 16.4 Å². The number of carboxylic acids is 1. The van der Waals surface area contributed by atoms with Crippen molar-refractivity contribution in [1.82, 2.24) is 19.6 Å². The predicted octanol–water partition coefficient (Wildman–Crippen LogP) is -2.61. The Morgan fingerprint density at radius 2 is 2.03 bits per heavy atom. The van der Waals surface area contributed by atoms with Crippen molar-refractivity contribution < 1.29 is 39.0 Å². The van der Waals surface area contributed by atoms with E-state index in [1.54, 1.807) is 0 Å². The number of quaternary nitrogens is 1. The van der Waals surface area contributed by atoms with Gasteiger partial charge in [-0.2, -0.15) is 9.36 Å². The van der Waals surface area contributed by atoms with Crippen LogP contribution in [-0.2, 0) is 19.2 Å². The van der Waals surface area contributed by atoms with Gasteiger partial charge in [-0.15, -0.1) is 11.8 Å². The molecule has 0 unspecified atom stereocenters. The van der Waals surface area contributed by atoms with Gasteiger partial charge in [0.05, 0.1) is 7.05 Å². The summed E-state index contributed by atoms with van der Waals surface area (Å²) < 4.78 is 4.18. The third-order valence-corrected chi connectivity index (χ3v) is 7.74. The van der Waals surface area contributed by atoms with E-state index in [1.807, 2.05) is 7.05 Å². The molecule has 4 heterocycles. The molecule has 0 radical (unpaired) electrons. The Morgan fingerprint density at radius 3 is 2.59 bits per heavy atom. The van der Waals surface area contributed by atoms with Gasteiger partial charge in [0.25, 0.3) is 11.8 Å². The number of likely N-dealkylation sites (tertiary alicyclic amines) is 1. The summed E-state index contributed by atoms with van der Waals surface area (Å²) in [6.07, 6.45) is -1.78. The fraction of sp³-hybridized carbons (Fsp3) is 0.556. The number of carbonyl (C=O) groups excluding carboxylic acids is 2. The zero-order chi connectivity index (χ0) is 24.8. The van der Waals surface area contributed by atoms with E-state index in [9.17, 15) is 29.7 Å². The van der Waals surface area contributed by atoms with E-state index >= 15 is 0 Å². The molecule has 4 rings (SSSR count). The van der Waals surface area contributed by atoms with Gasteiger partial charge in [0, 0.05) is 22.9 Å². The number of carboxylic acid groups (broad SMARTS) is 1. The number of nitrogens with one attached hydrogen (secondary N) is 1. The molecular weight excluding hydrogens is 490 g/mol. The number of hydrogen-bond donors (Lipinski definition) is 5. The van der Waals surface area contributed by atoms with Gasteiger partial charge in [0.2, 0.25) is 11.5 Å². The number of likely N-dealkylation sites (N-methyl/N-ethyl adjacent to an activating group) is 1. The van der Waals surface area contributed by atoms with Gasteiger partial charge in [0.15, 0.2) is 5.13 Å². The van der Waals surface area contributed by atoms with Gasteiger partial charge in [-0.1, -0.05) is 5.16 Å². The third kappa shape index (κ3) is 4.34. The van der Waals surface area contributed by atoms with Crippen LogP contribution in [0, 0.1) is 0 Å². The number of nitrogens with two attached hydrogens (primary N) is 1. The van der Waals surface area contributed by atoms with Gasteiger partial charge in [-0.05, 0) is 0 Å². The molecule has 0 bridgehead atoms. The maximum atomic E-state index is 12.9. The number of rotatable bonds is 7. The Kier molecular flexibility index (Phi) is 6.52. The summed E-state index contributed by atoms with van der Waals surface area (Å²) in [5.74, 6) is -2.34. The molecule has 2 amide bonds. The molecule has 14 nitrogen and oxygen atoms in total. The number of oxime groups is 1. The van der Waals surface area contributed by atoms with Crippen molar-refractivity contribution in [2.45, 2.75) is 23.6 Å². The molecule has 34 heavy (non-hydrogen) atoms. The number of fused-ring (bicyclic) bond motifs is 1. The van der Waals surface area contributed by atoms with Crippen molar-refractivity contribution in [3.8, 4) is 0 Å². The molecule has 0 spiro atoms. The van der Waals surface area contributed by atoms with Crippen LogP contribution in [0.1, 0.15) is 5.82 Å². The topological polar surface area (TPSA) is 201 Å². The maximum absolute atomic E-state index is 12.9. The lowest BCUT2D eigenvalue weighted by Crippen LogP contribution is -2.71. The number of carbonyl (C=O) groups is 3. The number of amides is 2. The van der Waals surface area contributed by atoms with Crippen molar-refractivity contribution in [3.05, 3.63) is 17.1 Å². The first-order valence-electron chi connectivity index (χ1n) is 10.2. The van der Waals surface area contributed by atoms with E-state index in [4.69, 9.17) is 10.6 Å². The van der Waals surface area contributed by atoms with Gasteiger partial charge in [0.1, 0.15) is 56.1 Å². The molecule has 3 aliphatic heterocycles. The standard InChI is InChI=1S/C18H23N7O7S2/c1-25(4-8(26)9(27)5-25)3-7-6-33-16-11(15(29)24(16)12(7)17(30)31)20-14(28)10(22-32-2)13-21-18(19)34-23-13/h8-9,11,16,26-27H,3-6H2,1-2H3,(H3-,19,20,21,23,28,30,31)/p+1/b22-10-/t8-,9-,11+,16+/m0/s1. The quantitative estimate of drug-likeness (QED) is 0.110. The van der Waals surface area contributed by atoms with E-state index in [1.165, 1.54) is 18.9 Å². The van der Waals surface area contributed by atoms with E-state index in [0.29, 0.717) is 11.3 Å². The molecule has 2 fully saturated rings. The van der Waals surface area contributed by atoms with Crippen molar-refractivity contribution >= 4 is 51.9 Å². The highest BCUT2D eigenvalue weighted by Gasteiger charge is 2.55. The summed E-state index contributed by atoms with van der Waals surface area (Å²) in [4.78, 5) is 47.6. The number of nitrogen functional groups attached to an aromatic ring is 1. The molecule has 1 aromatic rings. The van der Waals surface area contributed by atoms with Crippen molar-refractivity contribution in [2.24, 2.45) is 5.16 Å². The summed E-state index contributed by atoms with van der Waals surface area (Å²) in [6, 6.07) is -0.980. The zero-order valence-corrected chi connectivity index (χ0v) is 19.9. The molecule has 3 aliphatic rings. The van der Waals surface area contributed by atoms with Crippen LogP contribution in [0.2, 0.25) is 0 Å². The Labute approximate surface area is 201 Å². The normalized spacial score (nSPS) is 28.4. The van der Waals surface area contributed by atoms with E-state index in [2.05, 4.69) is 19.8 Å². The monoisotopic (exact) mass is 514 g/mol. The van der Waals surface area contributed by atoms with Crippen LogP contribution in [0.5, 0.6) is 0 Å². The van der Waals surface area contributed by atoms with Gasteiger partial charge in [-0.3, -0.25) is 14.5 Å². The van der Waals surface area contributed by atoms with E-state index < -0.39 is 41.4 Å². The minimum atomic E-state index is -1.26. The second-order valence-electron chi connectivity index (χ2n) is 8.47. The molecule has 184 valence electrons. The first-order chi connectivity index (χ1) is 16.0. The van der Waals surface area contributed by atoms with Crippen molar-refractivity contribution in [2.75, 3.05) is 45.3 Å². The second kappa shape index (κ2) is 9.10. The molecule has 0 saturated carbocycles. The molecule has 16 heteroatoms. The predicted molar refractivity (Wildman–Crippen MR) is 120 cm³/mol. The lowest BCUT2D eigenvalue weighted by atomic mass is 10.0. The highest BCUT2D eigenvalue weighted by atomic mass is 32.2. The lowest BCUT2D eigenvalue weighted by molar-refractivity contribution is -0.895. The van der Waals surface area contributed by atoms with Crippen molar-refractivity contribution in [1.29, 1.82) is 0 Å². The Hall–Kier alpha value is -2.79. The van der Waals surface area contributed by atoms with Gasteiger partial charge < -0.3 is 35.7 Å². The molecule has 4 atom stereocenters. The minimum absolute atomic E-state index is 0.0536. The second-order valence-corrected chi connectivity index (χ2v) is 10.4. The van der Waals surface area contributed by atoms with Crippen LogP contribution in [0.25, 0.3) is 0 Å². The van der Waals surface area contributed by atoms with Crippen LogP contribution in [0.15, 0.2) is 16.4 Å². The average molecular weight is 515 g/mol. The average Bonchev–Trinajstić information content (AvgIpc) is 3.30. The number of aromatic nitrogens is 2.